The van der Waals surface area contributed by atoms with E-state index in [-0.39, 0.29) is 0 Å². The first-order chi connectivity index (χ1) is 8.78. The Morgan fingerprint density at radius 3 is 2.33 bits per heavy atom. The van der Waals surface area contributed by atoms with Gasteiger partial charge >= 0.3 is 0 Å². The number of hydrogen-bond acceptors (Lipinski definition) is 2. The molecule has 2 heteroatoms. The quantitative estimate of drug-likeness (QED) is 0.863. The zero-order chi connectivity index (χ0) is 12.8. The zero-order valence-electron chi connectivity index (χ0n) is 11.5. The second-order valence-corrected chi connectivity index (χ2v) is 5.61. The van der Waals surface area contributed by atoms with Gasteiger partial charge < -0.3 is 10.5 Å². The Morgan fingerprint density at radius 2 is 1.78 bits per heavy atom. The van der Waals surface area contributed by atoms with E-state index in [1.54, 1.807) is 7.11 Å². The largest absolute Gasteiger partial charge is 0.497 e. The average molecular weight is 247 g/mol. The Morgan fingerprint density at radius 1 is 1.11 bits per heavy atom. The van der Waals surface area contributed by atoms with Crippen LogP contribution in [0.3, 0.4) is 0 Å². The van der Waals surface area contributed by atoms with Gasteiger partial charge in [-0.3, -0.25) is 0 Å². The van der Waals surface area contributed by atoms with Crippen LogP contribution in [-0.4, -0.2) is 13.7 Å². The highest BCUT2D eigenvalue weighted by atomic mass is 16.5. The summed E-state index contributed by atoms with van der Waals surface area (Å²) < 4.78 is 5.18. The molecular formula is C16H25NO. The van der Waals surface area contributed by atoms with Crippen molar-refractivity contribution in [2.45, 2.75) is 44.9 Å². The van der Waals surface area contributed by atoms with E-state index in [0.717, 1.165) is 18.7 Å². The minimum atomic E-state index is 0.415. The van der Waals surface area contributed by atoms with Gasteiger partial charge in [0.05, 0.1) is 7.11 Å². The van der Waals surface area contributed by atoms with Gasteiger partial charge in [-0.15, -0.1) is 0 Å². The molecule has 0 atom stereocenters. The molecule has 1 aliphatic rings. The van der Waals surface area contributed by atoms with Crippen molar-refractivity contribution in [2.75, 3.05) is 13.7 Å². The SMILES string of the molecule is COc1ccc(CCC2(CN)CCCCC2)cc1. The Balaban J connectivity index is 1.92. The Hall–Kier alpha value is -1.02. The third kappa shape index (κ3) is 3.26. The predicted molar refractivity (Wildman–Crippen MR) is 75.9 cm³/mol. The second kappa shape index (κ2) is 6.24. The molecule has 0 heterocycles. The van der Waals surface area contributed by atoms with Crippen LogP contribution in [0.25, 0.3) is 0 Å². The molecule has 0 spiro atoms. The molecule has 0 amide bonds. The molecule has 0 saturated heterocycles. The fourth-order valence-corrected chi connectivity index (χ4v) is 3.06. The third-order valence-corrected chi connectivity index (χ3v) is 4.45. The van der Waals surface area contributed by atoms with Gasteiger partial charge in [0, 0.05) is 0 Å². The maximum atomic E-state index is 6.03. The monoisotopic (exact) mass is 247 g/mol. The van der Waals surface area contributed by atoms with Gasteiger partial charge in [0.2, 0.25) is 0 Å². The van der Waals surface area contributed by atoms with Crippen LogP contribution in [-0.2, 0) is 6.42 Å². The summed E-state index contributed by atoms with van der Waals surface area (Å²) in [7, 11) is 1.71. The first-order valence-corrected chi connectivity index (χ1v) is 7.11. The lowest BCUT2D eigenvalue weighted by Crippen LogP contribution is -2.33. The number of nitrogens with two attached hydrogens (primary N) is 1. The van der Waals surface area contributed by atoms with Crippen LogP contribution in [0.4, 0.5) is 0 Å². The lowest BCUT2D eigenvalue weighted by molar-refractivity contribution is 0.182. The van der Waals surface area contributed by atoms with Gasteiger partial charge in [-0.25, -0.2) is 0 Å². The number of ether oxygens (including phenoxy) is 1. The van der Waals surface area contributed by atoms with Gasteiger partial charge in [-0.1, -0.05) is 31.4 Å². The Bertz CT molecular complexity index is 352. The smallest absolute Gasteiger partial charge is 0.118 e. The summed E-state index contributed by atoms with van der Waals surface area (Å²) in [6.45, 7) is 0.850. The van der Waals surface area contributed by atoms with Crippen LogP contribution in [0, 0.1) is 5.41 Å². The third-order valence-electron chi connectivity index (χ3n) is 4.45. The molecule has 0 radical (unpaired) electrons. The number of methoxy groups -OCH3 is 1. The molecule has 1 aliphatic carbocycles. The van der Waals surface area contributed by atoms with E-state index < -0.39 is 0 Å². The number of rotatable bonds is 5. The van der Waals surface area contributed by atoms with Crippen molar-refractivity contribution in [1.29, 1.82) is 0 Å². The molecular weight excluding hydrogens is 222 g/mol. The fourth-order valence-electron chi connectivity index (χ4n) is 3.06. The summed E-state index contributed by atoms with van der Waals surface area (Å²) in [5.74, 6) is 0.935. The van der Waals surface area contributed by atoms with Crippen molar-refractivity contribution >= 4 is 0 Å². The van der Waals surface area contributed by atoms with E-state index in [2.05, 4.69) is 12.1 Å². The molecule has 1 aromatic rings. The predicted octanol–water partition coefficient (Wildman–Crippen LogP) is 3.54. The van der Waals surface area contributed by atoms with E-state index in [1.165, 1.54) is 44.1 Å². The molecule has 18 heavy (non-hydrogen) atoms. The van der Waals surface area contributed by atoms with Crippen LogP contribution in [0.2, 0.25) is 0 Å². The lowest BCUT2D eigenvalue weighted by atomic mass is 9.71. The van der Waals surface area contributed by atoms with E-state index in [1.807, 2.05) is 12.1 Å². The first-order valence-electron chi connectivity index (χ1n) is 7.11. The van der Waals surface area contributed by atoms with Crippen molar-refractivity contribution < 1.29 is 4.74 Å². The van der Waals surface area contributed by atoms with Crippen molar-refractivity contribution in [3.05, 3.63) is 29.8 Å². The molecule has 0 aliphatic heterocycles. The maximum absolute atomic E-state index is 6.03. The fraction of sp³-hybridized carbons (Fsp3) is 0.625. The zero-order valence-corrected chi connectivity index (χ0v) is 11.5. The van der Waals surface area contributed by atoms with Gasteiger partial charge in [-0.2, -0.15) is 0 Å². The molecule has 0 unspecified atom stereocenters. The van der Waals surface area contributed by atoms with Crippen LogP contribution < -0.4 is 10.5 Å². The molecule has 2 N–H and O–H groups in total. The van der Waals surface area contributed by atoms with Gasteiger partial charge in [-0.05, 0) is 55.3 Å². The molecule has 2 rings (SSSR count). The number of hydrogen-bond donors (Lipinski definition) is 1. The second-order valence-electron chi connectivity index (χ2n) is 5.61. The summed E-state index contributed by atoms with van der Waals surface area (Å²) in [6.07, 6.45) is 9.13. The molecule has 1 aromatic carbocycles. The summed E-state index contributed by atoms with van der Waals surface area (Å²) in [5.41, 5.74) is 7.84. The highest BCUT2D eigenvalue weighted by Crippen LogP contribution is 2.39. The van der Waals surface area contributed by atoms with E-state index >= 15 is 0 Å². The van der Waals surface area contributed by atoms with Crippen molar-refractivity contribution in [3.8, 4) is 5.75 Å². The normalized spacial score (nSPS) is 18.6. The highest BCUT2D eigenvalue weighted by Gasteiger charge is 2.29. The topological polar surface area (TPSA) is 35.2 Å². The minimum absolute atomic E-state index is 0.415. The summed E-state index contributed by atoms with van der Waals surface area (Å²) >= 11 is 0. The van der Waals surface area contributed by atoms with Crippen LogP contribution in [0.1, 0.15) is 44.1 Å². The molecule has 0 bridgehead atoms. The van der Waals surface area contributed by atoms with Gasteiger partial charge in [0.25, 0.3) is 0 Å². The van der Waals surface area contributed by atoms with Crippen LogP contribution >= 0.6 is 0 Å². The molecule has 100 valence electrons. The Labute approximate surface area is 111 Å². The van der Waals surface area contributed by atoms with Gasteiger partial charge in [0.1, 0.15) is 5.75 Å². The van der Waals surface area contributed by atoms with E-state index in [9.17, 15) is 0 Å². The summed E-state index contributed by atoms with van der Waals surface area (Å²) in [5, 5.41) is 0. The molecule has 1 fully saturated rings. The van der Waals surface area contributed by atoms with Crippen molar-refractivity contribution in [2.24, 2.45) is 11.1 Å². The molecule has 1 saturated carbocycles. The van der Waals surface area contributed by atoms with Crippen molar-refractivity contribution in [1.82, 2.24) is 0 Å². The van der Waals surface area contributed by atoms with E-state index in [4.69, 9.17) is 10.5 Å². The van der Waals surface area contributed by atoms with E-state index in [0.29, 0.717) is 5.41 Å². The molecule has 2 nitrogen and oxygen atoms in total. The molecule has 0 aromatic heterocycles. The summed E-state index contributed by atoms with van der Waals surface area (Å²) in [4.78, 5) is 0. The number of benzene rings is 1. The van der Waals surface area contributed by atoms with Crippen LogP contribution in [0.5, 0.6) is 5.75 Å². The Kier molecular flexibility index (Phi) is 4.65. The maximum Gasteiger partial charge on any atom is 0.118 e. The number of aryl methyl sites for hydroxylation is 1. The first kappa shape index (κ1) is 13.4. The minimum Gasteiger partial charge on any atom is -0.497 e. The van der Waals surface area contributed by atoms with Crippen LogP contribution in [0.15, 0.2) is 24.3 Å². The standard InChI is InChI=1S/C16H25NO/c1-18-15-7-5-14(6-8-15)9-12-16(13-17)10-3-2-4-11-16/h5-8H,2-4,9-13,17H2,1H3. The summed E-state index contributed by atoms with van der Waals surface area (Å²) in [6, 6.07) is 8.44. The highest BCUT2D eigenvalue weighted by molar-refractivity contribution is 5.27. The average Bonchev–Trinajstić information content (AvgIpc) is 2.47. The lowest BCUT2D eigenvalue weighted by Gasteiger charge is -2.36. The van der Waals surface area contributed by atoms with Gasteiger partial charge in [0.15, 0.2) is 0 Å². The van der Waals surface area contributed by atoms with Crippen molar-refractivity contribution in [3.63, 3.8) is 0 Å².